The molecule has 1 aromatic rings. The van der Waals surface area contributed by atoms with Gasteiger partial charge in [0.15, 0.2) is 0 Å². The van der Waals surface area contributed by atoms with Crippen molar-refractivity contribution in [2.45, 2.75) is 78.7 Å². The maximum atomic E-state index is 5.44. The van der Waals surface area contributed by atoms with Crippen molar-refractivity contribution < 1.29 is 4.74 Å². The van der Waals surface area contributed by atoms with Gasteiger partial charge in [-0.2, -0.15) is 5.10 Å². The van der Waals surface area contributed by atoms with Crippen molar-refractivity contribution in [2.75, 3.05) is 32.8 Å². The molecule has 4 nitrogen and oxygen atoms in total. The molecule has 2 rings (SSSR count). The number of nitrogens with zero attached hydrogens (tertiary/aromatic N) is 3. The summed E-state index contributed by atoms with van der Waals surface area (Å²) in [6.07, 6.45) is 2.16. The lowest BCUT2D eigenvalue weighted by Crippen LogP contribution is -2.37. The maximum absolute atomic E-state index is 5.44. The number of rotatable bonds is 5. The van der Waals surface area contributed by atoms with Crippen LogP contribution in [0.1, 0.15) is 71.8 Å². The molecule has 0 N–H and O–H groups in total. The first-order chi connectivity index (χ1) is 11.1. The predicted octanol–water partition coefficient (Wildman–Crippen LogP) is 3.76. The third kappa shape index (κ3) is 4.60. The normalized spacial score (nSPS) is 17.5. The molecule has 0 atom stereocenters. The van der Waals surface area contributed by atoms with Gasteiger partial charge in [-0.25, -0.2) is 0 Å². The van der Waals surface area contributed by atoms with Crippen LogP contribution in [0.4, 0.5) is 0 Å². The Balaban J connectivity index is 2.20. The highest BCUT2D eigenvalue weighted by molar-refractivity contribution is 5.37. The first kappa shape index (κ1) is 19.5. The molecule has 0 aliphatic carbocycles. The number of ether oxygens (including phenoxy) is 1. The zero-order valence-corrected chi connectivity index (χ0v) is 16.9. The van der Waals surface area contributed by atoms with E-state index in [9.17, 15) is 0 Å². The molecule has 138 valence electrons. The van der Waals surface area contributed by atoms with Crippen LogP contribution in [0, 0.1) is 0 Å². The molecular formula is C20H37N3O. The summed E-state index contributed by atoms with van der Waals surface area (Å²) in [7, 11) is 0. The summed E-state index contributed by atoms with van der Waals surface area (Å²) in [5.74, 6) is 0. The van der Waals surface area contributed by atoms with Crippen LogP contribution >= 0.6 is 0 Å². The molecule has 0 bridgehead atoms. The number of hydrogen-bond acceptors (Lipinski definition) is 3. The monoisotopic (exact) mass is 335 g/mol. The Morgan fingerprint density at radius 3 is 2.08 bits per heavy atom. The van der Waals surface area contributed by atoms with Gasteiger partial charge in [0, 0.05) is 42.9 Å². The van der Waals surface area contributed by atoms with Crippen LogP contribution in [0.15, 0.2) is 0 Å². The summed E-state index contributed by atoms with van der Waals surface area (Å²) in [6.45, 7) is 22.2. The lowest BCUT2D eigenvalue weighted by molar-refractivity contribution is 0.0367. The van der Waals surface area contributed by atoms with Crippen molar-refractivity contribution in [3.63, 3.8) is 0 Å². The van der Waals surface area contributed by atoms with Crippen molar-refractivity contribution in [1.82, 2.24) is 14.7 Å². The molecule has 1 fully saturated rings. The quantitative estimate of drug-likeness (QED) is 0.821. The minimum Gasteiger partial charge on any atom is -0.379 e. The standard InChI is InChI=1S/C20H37N3O/c1-8-16-17(19(2,3)4)18(20(5,6)7)23(21-16)11-9-10-22-12-14-24-15-13-22/h8-15H2,1-7H3. The van der Waals surface area contributed by atoms with Gasteiger partial charge in [0.05, 0.1) is 18.9 Å². The Kier molecular flexibility index (Phi) is 6.14. The van der Waals surface area contributed by atoms with Crippen molar-refractivity contribution in [1.29, 1.82) is 0 Å². The minimum absolute atomic E-state index is 0.113. The second-order valence-electron chi connectivity index (χ2n) is 9.05. The second kappa shape index (κ2) is 7.57. The van der Waals surface area contributed by atoms with E-state index < -0.39 is 0 Å². The summed E-state index contributed by atoms with van der Waals surface area (Å²) >= 11 is 0. The first-order valence-corrected chi connectivity index (χ1v) is 9.55. The fourth-order valence-electron chi connectivity index (χ4n) is 3.74. The molecule has 0 radical (unpaired) electrons. The largest absolute Gasteiger partial charge is 0.379 e. The molecule has 0 saturated carbocycles. The third-order valence-corrected chi connectivity index (χ3v) is 4.77. The Morgan fingerprint density at radius 2 is 1.58 bits per heavy atom. The van der Waals surface area contributed by atoms with Crippen molar-refractivity contribution in [3.8, 4) is 0 Å². The highest BCUT2D eigenvalue weighted by Crippen LogP contribution is 2.36. The molecule has 0 amide bonds. The second-order valence-corrected chi connectivity index (χ2v) is 9.05. The Labute approximate surface area is 148 Å². The van der Waals surface area contributed by atoms with Gasteiger partial charge < -0.3 is 4.74 Å². The van der Waals surface area contributed by atoms with Crippen LogP contribution in [0.25, 0.3) is 0 Å². The van der Waals surface area contributed by atoms with Crippen molar-refractivity contribution in [2.24, 2.45) is 0 Å². The number of morpholine rings is 1. The van der Waals surface area contributed by atoms with Crippen LogP contribution in [0.2, 0.25) is 0 Å². The predicted molar refractivity (Wildman–Crippen MR) is 101 cm³/mol. The van der Waals surface area contributed by atoms with Gasteiger partial charge in [0.2, 0.25) is 0 Å². The molecule has 1 aliphatic heterocycles. The average molecular weight is 336 g/mol. The van der Waals surface area contributed by atoms with Crippen LogP contribution < -0.4 is 0 Å². The van der Waals surface area contributed by atoms with E-state index in [1.165, 1.54) is 17.0 Å². The van der Waals surface area contributed by atoms with E-state index in [0.717, 1.165) is 52.2 Å². The molecule has 1 aromatic heterocycles. The van der Waals surface area contributed by atoms with E-state index >= 15 is 0 Å². The van der Waals surface area contributed by atoms with E-state index in [0.29, 0.717) is 0 Å². The van der Waals surface area contributed by atoms with Crippen LogP contribution in [-0.4, -0.2) is 47.5 Å². The average Bonchev–Trinajstić information content (AvgIpc) is 2.87. The summed E-state index contributed by atoms with van der Waals surface area (Å²) < 4.78 is 7.75. The van der Waals surface area contributed by atoms with Crippen molar-refractivity contribution >= 4 is 0 Å². The Bertz CT molecular complexity index is 528. The van der Waals surface area contributed by atoms with Gasteiger partial charge in [-0.1, -0.05) is 48.5 Å². The van der Waals surface area contributed by atoms with Crippen LogP contribution in [0.3, 0.4) is 0 Å². The Morgan fingerprint density at radius 1 is 0.958 bits per heavy atom. The summed E-state index contributed by atoms with van der Waals surface area (Å²) in [4.78, 5) is 2.51. The number of aromatic nitrogens is 2. The smallest absolute Gasteiger partial charge is 0.0662 e. The van der Waals surface area contributed by atoms with Crippen molar-refractivity contribution in [3.05, 3.63) is 17.0 Å². The molecule has 2 heterocycles. The van der Waals surface area contributed by atoms with Gasteiger partial charge >= 0.3 is 0 Å². The highest BCUT2D eigenvalue weighted by atomic mass is 16.5. The molecule has 0 unspecified atom stereocenters. The highest BCUT2D eigenvalue weighted by Gasteiger charge is 2.32. The number of aryl methyl sites for hydroxylation is 2. The lowest BCUT2D eigenvalue weighted by atomic mass is 9.77. The molecule has 1 aliphatic rings. The van der Waals surface area contributed by atoms with Gasteiger partial charge in [-0.05, 0) is 18.3 Å². The molecule has 0 aromatic carbocycles. The number of hydrogen-bond donors (Lipinski definition) is 0. The maximum Gasteiger partial charge on any atom is 0.0662 e. The van der Waals surface area contributed by atoms with Gasteiger partial charge in [-0.15, -0.1) is 0 Å². The fourth-order valence-corrected chi connectivity index (χ4v) is 3.74. The molecule has 24 heavy (non-hydrogen) atoms. The zero-order valence-electron chi connectivity index (χ0n) is 16.9. The topological polar surface area (TPSA) is 30.3 Å². The van der Waals surface area contributed by atoms with Gasteiger partial charge in [0.1, 0.15) is 0 Å². The van der Waals surface area contributed by atoms with Crippen LogP contribution in [0.5, 0.6) is 0 Å². The molecular weight excluding hydrogens is 298 g/mol. The molecule has 0 spiro atoms. The molecule has 1 saturated heterocycles. The SMILES string of the molecule is CCc1nn(CCCN2CCOCC2)c(C(C)(C)C)c1C(C)(C)C. The van der Waals surface area contributed by atoms with E-state index in [2.05, 4.69) is 58.0 Å². The lowest BCUT2D eigenvalue weighted by Gasteiger charge is -2.29. The summed E-state index contributed by atoms with van der Waals surface area (Å²) in [5.41, 5.74) is 4.41. The van der Waals surface area contributed by atoms with Gasteiger partial charge in [0.25, 0.3) is 0 Å². The third-order valence-electron chi connectivity index (χ3n) is 4.77. The first-order valence-electron chi connectivity index (χ1n) is 9.55. The van der Waals surface area contributed by atoms with Crippen LogP contribution in [-0.2, 0) is 28.5 Å². The zero-order chi connectivity index (χ0) is 18.0. The fraction of sp³-hybridized carbons (Fsp3) is 0.850. The minimum atomic E-state index is 0.113. The summed E-state index contributed by atoms with van der Waals surface area (Å²) in [5, 5.41) is 5.02. The van der Waals surface area contributed by atoms with E-state index in [-0.39, 0.29) is 10.8 Å². The Hall–Kier alpha value is -0.870. The summed E-state index contributed by atoms with van der Waals surface area (Å²) in [6, 6.07) is 0. The van der Waals surface area contributed by atoms with Gasteiger partial charge in [-0.3, -0.25) is 9.58 Å². The van der Waals surface area contributed by atoms with E-state index in [4.69, 9.17) is 9.84 Å². The van der Waals surface area contributed by atoms with E-state index in [1.807, 2.05) is 0 Å². The molecule has 4 heteroatoms. The van der Waals surface area contributed by atoms with E-state index in [1.54, 1.807) is 0 Å².